The molecular formula is C29H30Cl3F2N5O. The minimum atomic E-state index is -0.548. The SMILES string of the molecule is O=C(NCc1ccc(Cl)cc1Cl)c1cnc(N2CCN(C3CCN(Cc4ccc(F)cc4F)CC3)CC2)c(Cl)c1. The smallest absolute Gasteiger partial charge is 0.253 e. The van der Waals surface area contributed by atoms with Crippen molar-refractivity contribution in [2.24, 2.45) is 0 Å². The number of hydrogen-bond acceptors (Lipinski definition) is 5. The number of carbonyl (C=O) groups excluding carboxylic acids is 1. The summed E-state index contributed by atoms with van der Waals surface area (Å²) >= 11 is 18.7. The van der Waals surface area contributed by atoms with Crippen molar-refractivity contribution >= 4 is 46.5 Å². The molecule has 0 aliphatic carbocycles. The maximum absolute atomic E-state index is 14.0. The van der Waals surface area contributed by atoms with E-state index < -0.39 is 11.6 Å². The summed E-state index contributed by atoms with van der Waals surface area (Å²) in [5.74, 6) is -0.643. The van der Waals surface area contributed by atoms with E-state index >= 15 is 0 Å². The van der Waals surface area contributed by atoms with Gasteiger partial charge in [0.25, 0.3) is 5.91 Å². The lowest BCUT2D eigenvalue weighted by Crippen LogP contribution is -2.53. The van der Waals surface area contributed by atoms with E-state index in [2.05, 4.69) is 25.0 Å². The van der Waals surface area contributed by atoms with Crippen LogP contribution >= 0.6 is 34.8 Å². The van der Waals surface area contributed by atoms with Gasteiger partial charge >= 0.3 is 0 Å². The molecule has 11 heteroatoms. The number of amides is 1. The van der Waals surface area contributed by atoms with Crippen LogP contribution in [0.1, 0.15) is 34.3 Å². The van der Waals surface area contributed by atoms with E-state index in [1.165, 1.54) is 12.1 Å². The highest BCUT2D eigenvalue weighted by atomic mass is 35.5. The van der Waals surface area contributed by atoms with Crippen LogP contribution in [-0.4, -0.2) is 66.0 Å². The Labute approximate surface area is 247 Å². The van der Waals surface area contributed by atoms with E-state index in [1.807, 2.05) is 0 Å². The highest BCUT2D eigenvalue weighted by Gasteiger charge is 2.29. The van der Waals surface area contributed by atoms with Crippen molar-refractivity contribution < 1.29 is 13.6 Å². The molecule has 1 N–H and O–H groups in total. The fourth-order valence-electron chi connectivity index (χ4n) is 5.36. The molecule has 0 unspecified atom stereocenters. The number of halogens is 5. The number of likely N-dealkylation sites (tertiary alicyclic amines) is 1. The molecule has 212 valence electrons. The number of benzene rings is 2. The van der Waals surface area contributed by atoms with Gasteiger partial charge in [0.15, 0.2) is 0 Å². The lowest BCUT2D eigenvalue weighted by atomic mass is 10.0. The Morgan fingerprint density at radius 3 is 2.30 bits per heavy atom. The van der Waals surface area contributed by atoms with E-state index in [0.717, 1.165) is 63.7 Å². The van der Waals surface area contributed by atoms with E-state index in [1.54, 1.807) is 30.5 Å². The summed E-state index contributed by atoms with van der Waals surface area (Å²) in [5.41, 5.74) is 1.68. The lowest BCUT2D eigenvalue weighted by Gasteiger charge is -2.43. The number of nitrogens with one attached hydrogen (secondary N) is 1. The van der Waals surface area contributed by atoms with Gasteiger partial charge in [0.2, 0.25) is 0 Å². The molecule has 0 saturated carbocycles. The summed E-state index contributed by atoms with van der Waals surface area (Å²) in [6.07, 6.45) is 3.56. The van der Waals surface area contributed by atoms with E-state index in [4.69, 9.17) is 34.8 Å². The molecule has 2 saturated heterocycles. The minimum absolute atomic E-state index is 0.262. The van der Waals surface area contributed by atoms with Crippen molar-refractivity contribution in [1.29, 1.82) is 0 Å². The molecule has 0 radical (unpaired) electrons. The molecule has 0 atom stereocenters. The molecule has 0 bridgehead atoms. The molecule has 0 spiro atoms. The van der Waals surface area contributed by atoms with Gasteiger partial charge in [-0.15, -0.1) is 0 Å². The van der Waals surface area contributed by atoms with E-state index in [9.17, 15) is 13.6 Å². The zero-order valence-corrected chi connectivity index (χ0v) is 24.1. The first kappa shape index (κ1) is 29.0. The van der Waals surface area contributed by atoms with Crippen molar-refractivity contribution in [2.45, 2.75) is 32.0 Å². The summed E-state index contributed by atoms with van der Waals surface area (Å²) in [6, 6.07) is 11.1. The third-order valence-corrected chi connectivity index (χ3v) is 8.50. The Balaban J connectivity index is 1.09. The summed E-state index contributed by atoms with van der Waals surface area (Å²) in [5, 5.41) is 4.31. The molecule has 2 fully saturated rings. The lowest BCUT2D eigenvalue weighted by molar-refractivity contribution is 0.0950. The number of nitrogens with zero attached hydrogens (tertiary/aromatic N) is 4. The number of piperazine rings is 1. The van der Waals surface area contributed by atoms with Crippen LogP contribution in [0.25, 0.3) is 0 Å². The summed E-state index contributed by atoms with van der Waals surface area (Å²) < 4.78 is 27.2. The summed E-state index contributed by atoms with van der Waals surface area (Å²) in [7, 11) is 0. The second kappa shape index (κ2) is 13.0. The second-order valence-electron chi connectivity index (χ2n) is 10.2. The van der Waals surface area contributed by atoms with Crippen molar-refractivity contribution in [3.63, 3.8) is 0 Å². The molecule has 2 aliphatic rings. The van der Waals surface area contributed by atoms with Crippen molar-refractivity contribution in [2.75, 3.05) is 44.2 Å². The largest absolute Gasteiger partial charge is 0.353 e. The first-order valence-corrected chi connectivity index (χ1v) is 14.4. The van der Waals surface area contributed by atoms with Crippen LogP contribution in [0.5, 0.6) is 0 Å². The highest BCUT2D eigenvalue weighted by Crippen LogP contribution is 2.27. The minimum Gasteiger partial charge on any atom is -0.353 e. The average molecular weight is 609 g/mol. The van der Waals surface area contributed by atoms with Crippen LogP contribution in [0.2, 0.25) is 15.1 Å². The predicted molar refractivity (Wildman–Crippen MR) is 155 cm³/mol. The normalized spacial score (nSPS) is 17.3. The van der Waals surface area contributed by atoms with Crippen LogP contribution in [0.3, 0.4) is 0 Å². The maximum Gasteiger partial charge on any atom is 0.253 e. The Morgan fingerprint density at radius 2 is 1.62 bits per heavy atom. The van der Waals surface area contributed by atoms with Gasteiger partial charge in [0.05, 0.1) is 10.6 Å². The molecule has 3 heterocycles. The van der Waals surface area contributed by atoms with Crippen molar-refractivity contribution in [3.8, 4) is 0 Å². The number of carbonyl (C=O) groups is 1. The zero-order valence-electron chi connectivity index (χ0n) is 21.9. The molecule has 2 aromatic carbocycles. The predicted octanol–water partition coefficient (Wildman–Crippen LogP) is 6.04. The van der Waals surface area contributed by atoms with Crippen LogP contribution in [-0.2, 0) is 13.1 Å². The monoisotopic (exact) mass is 607 g/mol. The van der Waals surface area contributed by atoms with Gasteiger partial charge in [0.1, 0.15) is 17.5 Å². The van der Waals surface area contributed by atoms with E-state index in [-0.39, 0.29) is 12.5 Å². The second-order valence-corrected chi connectivity index (χ2v) is 11.5. The Hall–Kier alpha value is -2.49. The number of hydrogen-bond donors (Lipinski definition) is 1. The average Bonchev–Trinajstić information content (AvgIpc) is 2.94. The van der Waals surface area contributed by atoms with Crippen molar-refractivity contribution in [1.82, 2.24) is 20.1 Å². The number of piperidine rings is 1. The molecule has 5 rings (SSSR count). The molecular weight excluding hydrogens is 579 g/mol. The van der Waals surface area contributed by atoms with Crippen molar-refractivity contribution in [3.05, 3.63) is 92.1 Å². The molecule has 6 nitrogen and oxygen atoms in total. The maximum atomic E-state index is 14.0. The molecule has 40 heavy (non-hydrogen) atoms. The molecule has 1 amide bonds. The zero-order chi connectivity index (χ0) is 28.2. The van der Waals surface area contributed by atoms with Gasteiger partial charge in [-0.2, -0.15) is 0 Å². The first-order chi connectivity index (χ1) is 19.3. The Morgan fingerprint density at radius 1 is 0.900 bits per heavy atom. The number of pyridine rings is 1. The number of rotatable bonds is 7. The Kier molecular flexibility index (Phi) is 9.43. The molecule has 1 aromatic heterocycles. The van der Waals surface area contributed by atoms with Gasteiger partial charge < -0.3 is 10.2 Å². The third-order valence-electron chi connectivity index (χ3n) is 7.63. The van der Waals surface area contributed by atoms with Crippen LogP contribution in [0, 0.1) is 11.6 Å². The van der Waals surface area contributed by atoms with Gasteiger partial charge in [-0.25, -0.2) is 13.8 Å². The van der Waals surface area contributed by atoms with Crippen LogP contribution < -0.4 is 10.2 Å². The fourth-order valence-corrected chi connectivity index (χ4v) is 6.12. The van der Waals surface area contributed by atoms with Crippen LogP contribution in [0.4, 0.5) is 14.6 Å². The topological polar surface area (TPSA) is 51.7 Å². The quantitative estimate of drug-likeness (QED) is 0.355. The summed E-state index contributed by atoms with van der Waals surface area (Å²) in [4.78, 5) is 24.1. The third kappa shape index (κ3) is 7.04. The summed E-state index contributed by atoms with van der Waals surface area (Å²) in [6.45, 7) is 5.87. The first-order valence-electron chi connectivity index (χ1n) is 13.3. The fraction of sp³-hybridized carbons (Fsp3) is 0.379. The van der Waals surface area contributed by atoms with Gasteiger partial charge in [-0.05, 0) is 55.8 Å². The standard InChI is InChI=1S/C29H30Cl3F2N5O/c30-22-3-1-19(25(31)14-22)16-36-29(40)21-13-26(32)28(35-17-21)39-11-9-38(10-12-39)24-5-7-37(8-6-24)18-20-2-4-23(33)15-27(20)34/h1-4,13-15,17,24H,5-12,16,18H2,(H,36,40). The highest BCUT2D eigenvalue weighted by molar-refractivity contribution is 6.35. The van der Waals surface area contributed by atoms with Crippen LogP contribution in [0.15, 0.2) is 48.7 Å². The Bertz CT molecular complexity index is 1360. The molecule has 3 aromatic rings. The number of anilines is 1. The van der Waals surface area contributed by atoms with Gasteiger partial charge in [0, 0.05) is 73.2 Å². The van der Waals surface area contributed by atoms with Gasteiger partial charge in [-0.1, -0.05) is 46.9 Å². The van der Waals surface area contributed by atoms with Gasteiger partial charge in [-0.3, -0.25) is 14.6 Å². The molecule has 2 aliphatic heterocycles. The number of aromatic nitrogens is 1. The van der Waals surface area contributed by atoms with E-state index in [0.29, 0.717) is 44.6 Å².